The van der Waals surface area contributed by atoms with E-state index in [0.717, 1.165) is 36.0 Å². The molecule has 4 aliphatic carbocycles. The van der Waals surface area contributed by atoms with Gasteiger partial charge in [0.2, 0.25) is 0 Å². The highest BCUT2D eigenvalue weighted by atomic mass is 15.5. The Balaban J connectivity index is 1.38. The Hall–Kier alpha value is -0.970. The second kappa shape index (κ2) is 4.54. The molecule has 0 saturated heterocycles. The zero-order valence-electron chi connectivity index (χ0n) is 11.3. The molecule has 4 bridgehead atoms. The molecule has 19 heavy (non-hydrogen) atoms. The van der Waals surface area contributed by atoms with Gasteiger partial charge in [-0.2, -0.15) is 5.21 Å². The van der Waals surface area contributed by atoms with Gasteiger partial charge in [-0.3, -0.25) is 0 Å². The first-order chi connectivity index (χ1) is 9.29. The lowest BCUT2D eigenvalue weighted by Gasteiger charge is -2.54. The van der Waals surface area contributed by atoms with Crippen molar-refractivity contribution in [1.82, 2.24) is 20.6 Å². The van der Waals surface area contributed by atoms with Crippen molar-refractivity contribution in [2.45, 2.75) is 51.0 Å². The molecule has 0 spiro atoms. The highest BCUT2D eigenvalue weighted by molar-refractivity contribution is 4.98. The van der Waals surface area contributed by atoms with Gasteiger partial charge in [-0.15, -0.1) is 10.2 Å². The molecule has 1 atom stereocenters. The largest absolute Gasteiger partial charge is 0.321 e. The van der Waals surface area contributed by atoms with Crippen LogP contribution in [0.1, 0.15) is 56.8 Å². The molecule has 1 heterocycles. The van der Waals surface area contributed by atoms with E-state index >= 15 is 0 Å². The Morgan fingerprint density at radius 3 is 2.37 bits per heavy atom. The summed E-state index contributed by atoms with van der Waals surface area (Å²) in [6, 6.07) is -0.0454. The lowest BCUT2D eigenvalue weighted by molar-refractivity contribution is -0.0409. The molecule has 1 aromatic heterocycles. The van der Waals surface area contributed by atoms with Crippen LogP contribution in [0.2, 0.25) is 0 Å². The number of nitrogens with one attached hydrogen (secondary N) is 1. The molecular weight excluding hydrogens is 238 g/mol. The molecule has 1 unspecified atom stereocenters. The van der Waals surface area contributed by atoms with Crippen LogP contribution in [0, 0.1) is 29.6 Å². The van der Waals surface area contributed by atoms with E-state index in [1.54, 1.807) is 0 Å². The van der Waals surface area contributed by atoms with Gasteiger partial charge < -0.3 is 5.73 Å². The van der Waals surface area contributed by atoms with E-state index in [4.69, 9.17) is 5.73 Å². The van der Waals surface area contributed by atoms with E-state index in [1.165, 1.54) is 38.5 Å². The minimum absolute atomic E-state index is 0.0454. The monoisotopic (exact) mass is 261 g/mol. The van der Waals surface area contributed by atoms with E-state index in [2.05, 4.69) is 20.6 Å². The number of aromatic amines is 1. The van der Waals surface area contributed by atoms with Crippen molar-refractivity contribution in [2.75, 3.05) is 0 Å². The summed E-state index contributed by atoms with van der Waals surface area (Å²) in [7, 11) is 0. The summed E-state index contributed by atoms with van der Waals surface area (Å²) in [5, 5.41) is 14.1. The van der Waals surface area contributed by atoms with Crippen molar-refractivity contribution in [1.29, 1.82) is 0 Å². The second-order valence-electron chi connectivity index (χ2n) is 7.05. The van der Waals surface area contributed by atoms with Crippen LogP contribution in [-0.2, 0) is 0 Å². The topological polar surface area (TPSA) is 80.5 Å². The Bertz CT molecular complexity index is 401. The summed E-state index contributed by atoms with van der Waals surface area (Å²) >= 11 is 0. The van der Waals surface area contributed by atoms with Crippen molar-refractivity contribution >= 4 is 0 Å². The molecule has 104 valence electrons. The molecule has 5 heteroatoms. The van der Waals surface area contributed by atoms with Gasteiger partial charge >= 0.3 is 0 Å². The van der Waals surface area contributed by atoms with E-state index in [-0.39, 0.29) is 6.04 Å². The fourth-order valence-corrected chi connectivity index (χ4v) is 5.34. The van der Waals surface area contributed by atoms with Crippen LogP contribution in [0.5, 0.6) is 0 Å². The zero-order valence-corrected chi connectivity index (χ0v) is 11.3. The second-order valence-corrected chi connectivity index (χ2v) is 7.05. The first-order valence-corrected chi connectivity index (χ1v) is 7.78. The minimum atomic E-state index is -0.0454. The maximum absolute atomic E-state index is 6.16. The average Bonchev–Trinajstić information content (AvgIpc) is 2.90. The number of hydrogen-bond acceptors (Lipinski definition) is 4. The molecule has 4 fully saturated rings. The molecule has 5 nitrogen and oxygen atoms in total. The molecule has 3 N–H and O–H groups in total. The van der Waals surface area contributed by atoms with Gasteiger partial charge in [-0.25, -0.2) is 0 Å². The maximum Gasteiger partial charge on any atom is 0.191 e. The predicted molar refractivity (Wildman–Crippen MR) is 70.9 cm³/mol. The molecule has 1 aromatic rings. The van der Waals surface area contributed by atoms with E-state index in [1.807, 2.05) is 0 Å². The standard InChI is InChI=1S/C14H23N5/c15-13(14-16-18-19-17-14)2-1-12-10-4-8-3-9(6-10)7-11(12)5-8/h8-13H,1-7,15H2,(H,16,17,18,19). The summed E-state index contributed by atoms with van der Waals surface area (Å²) in [4.78, 5) is 0. The molecule has 0 aromatic carbocycles. The van der Waals surface area contributed by atoms with Crippen molar-refractivity contribution < 1.29 is 0 Å². The summed E-state index contributed by atoms with van der Waals surface area (Å²) in [5.41, 5.74) is 6.16. The van der Waals surface area contributed by atoms with Crippen LogP contribution >= 0.6 is 0 Å². The molecule has 0 radical (unpaired) electrons. The van der Waals surface area contributed by atoms with E-state index < -0.39 is 0 Å². The maximum atomic E-state index is 6.16. The Kier molecular flexibility index (Phi) is 2.83. The van der Waals surface area contributed by atoms with Gasteiger partial charge in [0.25, 0.3) is 0 Å². The number of H-pyrrole nitrogens is 1. The van der Waals surface area contributed by atoms with Crippen molar-refractivity contribution in [3.8, 4) is 0 Å². The molecule has 4 saturated carbocycles. The van der Waals surface area contributed by atoms with Gasteiger partial charge in [0.1, 0.15) is 0 Å². The fourth-order valence-electron chi connectivity index (χ4n) is 5.34. The van der Waals surface area contributed by atoms with E-state index in [0.29, 0.717) is 5.82 Å². The highest BCUT2D eigenvalue weighted by Gasteiger charge is 2.47. The number of aromatic nitrogens is 4. The third kappa shape index (κ3) is 2.08. The Morgan fingerprint density at radius 2 is 1.79 bits per heavy atom. The highest BCUT2D eigenvalue weighted by Crippen LogP contribution is 2.57. The number of tetrazole rings is 1. The van der Waals surface area contributed by atoms with Crippen LogP contribution in [0.4, 0.5) is 0 Å². The van der Waals surface area contributed by atoms with Crippen molar-refractivity contribution in [3.63, 3.8) is 0 Å². The summed E-state index contributed by atoms with van der Waals surface area (Å²) in [5.74, 6) is 5.70. The van der Waals surface area contributed by atoms with Gasteiger partial charge in [-0.1, -0.05) is 5.21 Å². The summed E-state index contributed by atoms with van der Waals surface area (Å²) < 4.78 is 0. The van der Waals surface area contributed by atoms with Crippen LogP contribution in [0.15, 0.2) is 0 Å². The molecular formula is C14H23N5. The summed E-state index contributed by atoms with van der Waals surface area (Å²) in [6.45, 7) is 0. The number of nitrogens with two attached hydrogens (primary N) is 1. The number of nitrogens with zero attached hydrogens (tertiary/aromatic N) is 3. The molecule has 4 aliphatic rings. The number of hydrogen-bond donors (Lipinski definition) is 2. The van der Waals surface area contributed by atoms with Crippen molar-refractivity contribution in [2.24, 2.45) is 35.3 Å². The Morgan fingerprint density at radius 1 is 1.11 bits per heavy atom. The lowest BCUT2D eigenvalue weighted by Crippen LogP contribution is -2.45. The van der Waals surface area contributed by atoms with Gasteiger partial charge in [0, 0.05) is 0 Å². The van der Waals surface area contributed by atoms with Crippen LogP contribution in [-0.4, -0.2) is 20.6 Å². The van der Waals surface area contributed by atoms with Crippen LogP contribution < -0.4 is 5.73 Å². The van der Waals surface area contributed by atoms with Crippen molar-refractivity contribution in [3.05, 3.63) is 5.82 Å². The molecule has 5 rings (SSSR count). The quantitative estimate of drug-likeness (QED) is 0.869. The van der Waals surface area contributed by atoms with E-state index in [9.17, 15) is 0 Å². The van der Waals surface area contributed by atoms with Crippen LogP contribution in [0.25, 0.3) is 0 Å². The first kappa shape index (κ1) is 11.8. The molecule has 0 amide bonds. The third-order valence-electron chi connectivity index (χ3n) is 5.93. The smallest absolute Gasteiger partial charge is 0.191 e. The first-order valence-electron chi connectivity index (χ1n) is 7.78. The summed E-state index contributed by atoms with van der Waals surface area (Å²) in [6.07, 6.45) is 9.77. The lowest BCUT2D eigenvalue weighted by atomic mass is 9.51. The Labute approximate surface area is 113 Å². The van der Waals surface area contributed by atoms with Crippen LogP contribution in [0.3, 0.4) is 0 Å². The fraction of sp³-hybridized carbons (Fsp3) is 0.929. The predicted octanol–water partition coefficient (Wildman–Crippen LogP) is 2.05. The van der Waals surface area contributed by atoms with Gasteiger partial charge in [0.15, 0.2) is 5.82 Å². The number of rotatable bonds is 4. The van der Waals surface area contributed by atoms with Gasteiger partial charge in [0.05, 0.1) is 6.04 Å². The van der Waals surface area contributed by atoms with Gasteiger partial charge in [-0.05, 0) is 74.5 Å². The average molecular weight is 261 g/mol. The normalized spacial score (nSPS) is 41.6. The zero-order chi connectivity index (χ0) is 12.8. The third-order valence-corrected chi connectivity index (χ3v) is 5.93. The minimum Gasteiger partial charge on any atom is -0.321 e. The SMILES string of the molecule is NC(CCC1C2CC3CC(C2)CC1C3)c1nn[nH]n1. The molecule has 0 aliphatic heterocycles.